The van der Waals surface area contributed by atoms with Crippen molar-refractivity contribution in [1.29, 1.82) is 0 Å². The normalized spacial score (nSPS) is 10.4. The number of hydrogen-bond acceptors (Lipinski definition) is 6. The van der Waals surface area contributed by atoms with Crippen LogP contribution in [0.25, 0.3) is 0 Å². The highest BCUT2D eigenvalue weighted by atomic mass is 35.5. The average molecular weight is 491 g/mol. The number of ether oxygens (including phenoxy) is 3. The first-order valence-electron chi connectivity index (χ1n) is 9.78. The Kier molecular flexibility index (Phi) is 8.33. The van der Waals surface area contributed by atoms with Crippen molar-refractivity contribution in [3.63, 3.8) is 0 Å². The van der Waals surface area contributed by atoms with Crippen LogP contribution in [-0.4, -0.2) is 31.9 Å². The molecule has 2 aromatic carbocycles. The van der Waals surface area contributed by atoms with E-state index in [1.54, 1.807) is 19.1 Å². The molecule has 0 saturated heterocycles. The van der Waals surface area contributed by atoms with Gasteiger partial charge >= 0.3 is 5.97 Å². The van der Waals surface area contributed by atoms with Crippen LogP contribution in [0, 0.1) is 0 Å². The molecule has 1 heterocycles. The zero-order valence-electron chi connectivity index (χ0n) is 17.9. The van der Waals surface area contributed by atoms with E-state index in [-0.39, 0.29) is 11.7 Å². The van der Waals surface area contributed by atoms with Gasteiger partial charge in [-0.25, -0.2) is 4.79 Å². The van der Waals surface area contributed by atoms with E-state index in [4.69, 9.17) is 38.0 Å². The second-order valence-electron chi connectivity index (χ2n) is 6.60. The second-order valence-corrected chi connectivity index (χ2v) is 8.56. The third-order valence-electron chi connectivity index (χ3n) is 4.45. The summed E-state index contributed by atoms with van der Waals surface area (Å²) in [5, 5.41) is 7.50. The summed E-state index contributed by atoms with van der Waals surface area (Å²) in [6, 6.07) is 15.2. The van der Waals surface area contributed by atoms with E-state index >= 15 is 0 Å². The molecule has 0 fully saturated rings. The van der Waals surface area contributed by atoms with Crippen molar-refractivity contribution in [2.24, 2.45) is 0 Å². The number of thiocarbonyl (C=S) groups is 1. The molecule has 6 nitrogen and oxygen atoms in total. The third-order valence-corrected chi connectivity index (χ3v) is 6.00. The lowest BCUT2D eigenvalue weighted by Gasteiger charge is -2.15. The van der Waals surface area contributed by atoms with Gasteiger partial charge in [0.15, 0.2) is 5.11 Å². The van der Waals surface area contributed by atoms with Crippen molar-refractivity contribution in [2.75, 3.05) is 31.5 Å². The molecule has 1 aromatic heterocycles. The molecular weight excluding hydrogens is 468 g/mol. The number of thiophene rings is 1. The Hall–Kier alpha value is -2.81. The smallest absolute Gasteiger partial charge is 0.341 e. The van der Waals surface area contributed by atoms with Gasteiger partial charge in [-0.2, -0.15) is 0 Å². The molecule has 0 spiro atoms. The predicted molar refractivity (Wildman–Crippen MR) is 134 cm³/mol. The Morgan fingerprint density at radius 2 is 1.78 bits per heavy atom. The molecule has 9 heteroatoms. The molecule has 0 aliphatic rings. The summed E-state index contributed by atoms with van der Waals surface area (Å²) >= 11 is 13.1. The van der Waals surface area contributed by atoms with Crippen molar-refractivity contribution in [1.82, 2.24) is 0 Å². The van der Waals surface area contributed by atoms with Crippen LogP contribution in [0.15, 0.2) is 48.5 Å². The van der Waals surface area contributed by atoms with Crippen LogP contribution in [-0.2, 0) is 11.2 Å². The van der Waals surface area contributed by atoms with Crippen LogP contribution < -0.4 is 20.1 Å². The van der Waals surface area contributed by atoms with Gasteiger partial charge in [0.25, 0.3) is 0 Å². The summed E-state index contributed by atoms with van der Waals surface area (Å²) in [6.45, 7) is 2.06. The highest BCUT2D eigenvalue weighted by molar-refractivity contribution is 7.80. The Labute approximate surface area is 201 Å². The highest BCUT2D eigenvalue weighted by Gasteiger charge is 2.19. The number of rotatable bonds is 8. The maximum Gasteiger partial charge on any atom is 0.341 e. The molecule has 3 rings (SSSR count). The maximum atomic E-state index is 12.5. The number of hydrogen-bond donors (Lipinski definition) is 2. The number of benzene rings is 2. The molecular formula is C23H23ClN2O4S2. The Bertz CT molecular complexity index is 1100. The zero-order valence-corrected chi connectivity index (χ0v) is 20.2. The van der Waals surface area contributed by atoms with Gasteiger partial charge in [-0.05, 0) is 30.8 Å². The summed E-state index contributed by atoms with van der Waals surface area (Å²) in [5.74, 6) is 0.576. The Balaban J connectivity index is 1.83. The lowest BCUT2D eigenvalue weighted by molar-refractivity contribution is 0.0528. The molecule has 2 N–H and O–H groups in total. The molecule has 0 unspecified atom stereocenters. The lowest BCUT2D eigenvalue weighted by Crippen LogP contribution is -2.20. The number of esters is 1. The minimum atomic E-state index is -0.404. The van der Waals surface area contributed by atoms with Gasteiger partial charge in [0.1, 0.15) is 16.5 Å². The number of halogens is 1. The van der Waals surface area contributed by atoms with Gasteiger partial charge in [0, 0.05) is 23.4 Å². The van der Waals surface area contributed by atoms with Gasteiger partial charge in [0.05, 0.1) is 37.1 Å². The molecule has 3 aromatic rings. The van der Waals surface area contributed by atoms with E-state index in [2.05, 4.69) is 10.6 Å². The molecule has 32 heavy (non-hydrogen) atoms. The minimum Gasteiger partial charge on any atom is -0.495 e. The van der Waals surface area contributed by atoms with Gasteiger partial charge < -0.3 is 24.8 Å². The number of anilines is 2. The molecule has 0 amide bonds. The third kappa shape index (κ3) is 5.91. The molecule has 0 atom stereocenters. The van der Waals surface area contributed by atoms with Gasteiger partial charge in [-0.1, -0.05) is 41.9 Å². The zero-order chi connectivity index (χ0) is 23.1. The van der Waals surface area contributed by atoms with Crippen LogP contribution in [0.2, 0.25) is 5.02 Å². The van der Waals surface area contributed by atoms with Crippen LogP contribution in [0.3, 0.4) is 0 Å². The maximum absolute atomic E-state index is 12.5. The standard InChI is InChI=1S/C23H23ClN2O4S2/c1-4-30-22(27)16-11-15(10-14-8-6-5-7-9-14)32-21(16)26-23(31)25-18-13-19(28-2)17(24)12-20(18)29-3/h5-9,11-13H,4,10H2,1-3H3,(H2,25,26,31). The van der Waals surface area contributed by atoms with Crippen LogP contribution in [0.4, 0.5) is 10.7 Å². The van der Waals surface area contributed by atoms with E-state index in [0.29, 0.717) is 39.2 Å². The first-order valence-corrected chi connectivity index (χ1v) is 11.4. The van der Waals surface area contributed by atoms with Gasteiger partial charge in [-0.15, -0.1) is 11.3 Å². The molecule has 0 aliphatic heterocycles. The van der Waals surface area contributed by atoms with E-state index in [1.807, 2.05) is 36.4 Å². The summed E-state index contributed by atoms with van der Waals surface area (Å²) in [4.78, 5) is 13.5. The average Bonchev–Trinajstić information content (AvgIpc) is 3.17. The van der Waals surface area contributed by atoms with Crippen LogP contribution in [0.1, 0.15) is 27.7 Å². The molecule has 0 bridgehead atoms. The van der Waals surface area contributed by atoms with E-state index in [1.165, 1.54) is 25.6 Å². The molecule has 0 saturated carbocycles. The Morgan fingerprint density at radius 1 is 1.06 bits per heavy atom. The van der Waals surface area contributed by atoms with Crippen molar-refractivity contribution in [2.45, 2.75) is 13.3 Å². The van der Waals surface area contributed by atoms with Crippen LogP contribution in [0.5, 0.6) is 11.5 Å². The topological polar surface area (TPSA) is 68.8 Å². The fraction of sp³-hybridized carbons (Fsp3) is 0.217. The summed E-state index contributed by atoms with van der Waals surface area (Å²) < 4.78 is 15.9. The monoisotopic (exact) mass is 490 g/mol. The largest absolute Gasteiger partial charge is 0.495 e. The second kappa shape index (κ2) is 11.2. The van der Waals surface area contributed by atoms with Crippen molar-refractivity contribution < 1.29 is 19.0 Å². The molecule has 0 aliphatic carbocycles. The van der Waals surface area contributed by atoms with Crippen LogP contribution >= 0.6 is 35.2 Å². The quantitative estimate of drug-likeness (QED) is 0.296. The number of methoxy groups -OCH3 is 2. The van der Waals surface area contributed by atoms with E-state index in [9.17, 15) is 4.79 Å². The van der Waals surface area contributed by atoms with Gasteiger partial charge in [-0.3, -0.25) is 0 Å². The fourth-order valence-electron chi connectivity index (χ4n) is 2.99. The summed E-state index contributed by atoms with van der Waals surface area (Å²) in [7, 11) is 3.06. The molecule has 168 valence electrons. The van der Waals surface area contributed by atoms with Gasteiger partial charge in [0.2, 0.25) is 0 Å². The molecule has 0 radical (unpaired) electrons. The number of carbonyl (C=O) groups excluding carboxylic acids is 1. The predicted octanol–water partition coefficient (Wildman–Crippen LogP) is 6.00. The Morgan fingerprint density at radius 3 is 2.44 bits per heavy atom. The first kappa shape index (κ1) is 23.8. The fourth-order valence-corrected chi connectivity index (χ4v) is 4.58. The van der Waals surface area contributed by atoms with Crippen molar-refractivity contribution >= 4 is 56.9 Å². The SMILES string of the molecule is CCOC(=O)c1cc(Cc2ccccc2)sc1NC(=S)Nc1cc(OC)c(Cl)cc1OC. The number of carbonyl (C=O) groups is 1. The van der Waals surface area contributed by atoms with Crippen molar-refractivity contribution in [3.8, 4) is 11.5 Å². The number of nitrogens with one attached hydrogen (secondary N) is 2. The highest BCUT2D eigenvalue weighted by Crippen LogP contribution is 2.36. The minimum absolute atomic E-state index is 0.284. The lowest BCUT2D eigenvalue weighted by atomic mass is 10.1. The van der Waals surface area contributed by atoms with E-state index in [0.717, 1.165) is 10.4 Å². The summed E-state index contributed by atoms with van der Waals surface area (Å²) in [5.41, 5.74) is 2.16. The van der Waals surface area contributed by atoms with Crippen molar-refractivity contribution in [3.05, 3.63) is 69.6 Å². The summed E-state index contributed by atoms with van der Waals surface area (Å²) in [6.07, 6.45) is 0.696. The van der Waals surface area contributed by atoms with E-state index < -0.39 is 5.97 Å². The first-order chi connectivity index (χ1) is 15.4.